The molecule has 0 aliphatic rings. The fourth-order valence-electron chi connectivity index (χ4n) is 2.33. The van der Waals surface area contributed by atoms with E-state index in [1.807, 2.05) is 0 Å². The van der Waals surface area contributed by atoms with Crippen molar-refractivity contribution >= 4 is 29.2 Å². The van der Waals surface area contributed by atoms with Crippen LogP contribution in [0.2, 0.25) is 0 Å². The minimum Gasteiger partial charge on any atom is -0.545 e. The van der Waals surface area contributed by atoms with Crippen molar-refractivity contribution in [1.82, 2.24) is 4.98 Å². The van der Waals surface area contributed by atoms with Crippen molar-refractivity contribution < 1.29 is 41.4 Å². The highest BCUT2D eigenvalue weighted by Gasteiger charge is 2.45. The number of carboxylic acid groups (broad SMARTS) is 1. The van der Waals surface area contributed by atoms with Gasteiger partial charge in [-0.05, 0) is 25.4 Å². The molecule has 0 aromatic carbocycles. The molecule has 0 fully saturated rings. The number of alkyl halides is 6. The van der Waals surface area contributed by atoms with Crippen LogP contribution in [0, 0.1) is 0 Å². The Hall–Kier alpha value is -2.17. The van der Waals surface area contributed by atoms with E-state index >= 15 is 0 Å². The van der Waals surface area contributed by atoms with Crippen LogP contribution in [-0.2, 0) is 16.3 Å². The summed E-state index contributed by atoms with van der Waals surface area (Å²) in [6.45, 7) is 2.59. The van der Waals surface area contributed by atoms with Gasteiger partial charge in [-0.1, -0.05) is 0 Å². The van der Waals surface area contributed by atoms with Gasteiger partial charge >= 0.3 is 17.5 Å². The van der Waals surface area contributed by atoms with Crippen LogP contribution in [-0.4, -0.2) is 37.1 Å². The van der Waals surface area contributed by atoms with Gasteiger partial charge in [0.1, 0.15) is 11.3 Å². The molecule has 0 N–H and O–H groups in total. The maximum absolute atomic E-state index is 13.7. The predicted molar refractivity (Wildman–Crippen MR) is 78.2 cm³/mol. The fraction of sp³-hybridized carbons (Fsp3) is 0.500. The number of methoxy groups -OCH3 is 1. The zero-order valence-electron chi connectivity index (χ0n) is 13.7. The van der Waals surface area contributed by atoms with E-state index in [4.69, 9.17) is 11.6 Å². The van der Waals surface area contributed by atoms with Crippen molar-refractivity contribution in [1.29, 1.82) is 0 Å². The second kappa shape index (κ2) is 7.60. The summed E-state index contributed by atoms with van der Waals surface area (Å²) in [6.07, 6.45) is -5.43. The Morgan fingerprint density at radius 3 is 1.92 bits per heavy atom. The van der Waals surface area contributed by atoms with E-state index in [9.17, 15) is 36.6 Å². The van der Waals surface area contributed by atoms with Gasteiger partial charge in [0, 0.05) is 13.1 Å². The Morgan fingerprint density at radius 1 is 1.12 bits per heavy atom. The molecule has 0 unspecified atom stereocenters. The number of esters is 1. The number of hydrogen-bond donors (Lipinski definition) is 0. The van der Waals surface area contributed by atoms with Crippen LogP contribution in [0.5, 0.6) is 0 Å². The molecule has 6 nitrogen and oxygen atoms in total. The standard InChI is InChI=1S/C14H14ClF5N2O4/c1-4-22(5-2)8-6(11(23)24)10(14(18,19)20)21-9(13(15,16)17)7(8)12(25)26-3/h4-5H2,1-3H3,(H,23,24)/p-1. The average molecular weight is 404 g/mol. The zero-order chi connectivity index (χ0) is 20.4. The highest BCUT2D eigenvalue weighted by atomic mass is 35.5. The number of halogens is 6. The van der Waals surface area contributed by atoms with Crippen molar-refractivity contribution in [3.63, 3.8) is 0 Å². The minimum absolute atomic E-state index is 0.116. The zero-order valence-corrected chi connectivity index (χ0v) is 14.5. The van der Waals surface area contributed by atoms with E-state index in [2.05, 4.69) is 9.72 Å². The first-order valence-corrected chi connectivity index (χ1v) is 7.45. The largest absolute Gasteiger partial charge is 0.545 e. The molecule has 1 aromatic heterocycles. The number of anilines is 1. The van der Waals surface area contributed by atoms with Crippen LogP contribution >= 0.6 is 11.6 Å². The lowest BCUT2D eigenvalue weighted by atomic mass is 10.0. The monoisotopic (exact) mass is 403 g/mol. The molecular formula is C14H13ClF5N2O4-. The Morgan fingerprint density at radius 2 is 1.62 bits per heavy atom. The van der Waals surface area contributed by atoms with Crippen molar-refractivity contribution in [3.8, 4) is 0 Å². The number of pyridine rings is 1. The summed E-state index contributed by atoms with van der Waals surface area (Å²) in [6, 6.07) is 0. The Balaban J connectivity index is 4.25. The van der Waals surface area contributed by atoms with Gasteiger partial charge in [0.25, 0.3) is 0 Å². The third-order valence-corrected chi connectivity index (χ3v) is 3.56. The van der Waals surface area contributed by atoms with Gasteiger partial charge in [0.2, 0.25) is 0 Å². The van der Waals surface area contributed by atoms with E-state index in [0.29, 0.717) is 0 Å². The van der Waals surface area contributed by atoms with E-state index in [-0.39, 0.29) is 13.1 Å². The molecule has 0 radical (unpaired) electrons. The van der Waals surface area contributed by atoms with Crippen LogP contribution in [0.15, 0.2) is 0 Å². The fourth-order valence-corrected chi connectivity index (χ4v) is 2.46. The maximum atomic E-state index is 13.7. The van der Waals surface area contributed by atoms with E-state index in [0.717, 1.165) is 12.0 Å². The summed E-state index contributed by atoms with van der Waals surface area (Å²) in [4.78, 5) is 27.0. The lowest BCUT2D eigenvalue weighted by molar-refractivity contribution is -0.255. The van der Waals surface area contributed by atoms with Crippen LogP contribution in [0.1, 0.15) is 46.0 Å². The number of carboxylic acids is 1. The highest BCUT2D eigenvalue weighted by molar-refractivity contribution is 6.22. The van der Waals surface area contributed by atoms with Gasteiger partial charge in [0.05, 0.1) is 24.3 Å². The number of ether oxygens (including phenoxy) is 1. The SMILES string of the molecule is CCN(CC)c1c(C(=O)[O-])c(C(F)(F)F)nc(C(F)(F)Cl)c1C(=O)OC. The number of carbonyl (C=O) groups is 2. The molecule has 0 spiro atoms. The summed E-state index contributed by atoms with van der Waals surface area (Å²) in [5.41, 5.74) is -7.58. The quantitative estimate of drug-likeness (QED) is 0.412. The van der Waals surface area contributed by atoms with Crippen LogP contribution in [0.3, 0.4) is 0 Å². The summed E-state index contributed by atoms with van der Waals surface area (Å²) in [5, 5.41) is 6.90. The van der Waals surface area contributed by atoms with E-state index in [1.165, 1.54) is 13.8 Å². The highest BCUT2D eigenvalue weighted by Crippen LogP contribution is 2.43. The Bertz CT molecular complexity index is 715. The van der Waals surface area contributed by atoms with Gasteiger partial charge in [-0.3, -0.25) is 0 Å². The second-order valence-electron chi connectivity index (χ2n) is 4.85. The first-order chi connectivity index (χ1) is 11.8. The number of aromatic carboxylic acids is 1. The van der Waals surface area contributed by atoms with Crippen LogP contribution in [0.4, 0.5) is 27.6 Å². The summed E-state index contributed by atoms with van der Waals surface area (Å²) in [5.74, 6) is -3.87. The second-order valence-corrected chi connectivity index (χ2v) is 5.33. The van der Waals surface area contributed by atoms with Crippen molar-refractivity contribution in [3.05, 3.63) is 22.5 Å². The first kappa shape index (κ1) is 21.9. The molecule has 1 rings (SSSR count). The van der Waals surface area contributed by atoms with Gasteiger partial charge in [0.15, 0.2) is 5.69 Å². The average Bonchev–Trinajstić information content (AvgIpc) is 2.52. The molecule has 12 heteroatoms. The molecule has 1 aromatic rings. The first-order valence-electron chi connectivity index (χ1n) is 7.08. The molecule has 0 aliphatic heterocycles. The normalized spacial score (nSPS) is 12.0. The number of hydrogen-bond acceptors (Lipinski definition) is 6. The van der Waals surface area contributed by atoms with Gasteiger partial charge in [-0.2, -0.15) is 22.0 Å². The molecule has 0 atom stereocenters. The number of rotatable bonds is 6. The third kappa shape index (κ3) is 4.14. The van der Waals surface area contributed by atoms with Crippen molar-refractivity contribution in [2.75, 3.05) is 25.1 Å². The molecular weight excluding hydrogens is 391 g/mol. The van der Waals surface area contributed by atoms with Crippen LogP contribution < -0.4 is 10.0 Å². The molecule has 146 valence electrons. The topological polar surface area (TPSA) is 82.6 Å². The molecule has 1 heterocycles. The van der Waals surface area contributed by atoms with Crippen molar-refractivity contribution in [2.24, 2.45) is 0 Å². The lowest BCUT2D eigenvalue weighted by Crippen LogP contribution is -2.36. The van der Waals surface area contributed by atoms with E-state index in [1.54, 1.807) is 0 Å². The van der Waals surface area contributed by atoms with Gasteiger partial charge in [-0.15, -0.1) is 0 Å². The number of nitrogens with zero attached hydrogens (tertiary/aromatic N) is 2. The summed E-state index contributed by atoms with van der Waals surface area (Å²) < 4.78 is 71.5. The molecule has 0 saturated carbocycles. The predicted octanol–water partition coefficient (Wildman–Crippen LogP) is 2.38. The molecule has 0 saturated heterocycles. The van der Waals surface area contributed by atoms with Gasteiger partial charge in [-0.25, -0.2) is 9.78 Å². The van der Waals surface area contributed by atoms with Crippen molar-refractivity contribution in [2.45, 2.75) is 25.4 Å². The maximum Gasteiger partial charge on any atom is 0.434 e. The third-order valence-electron chi connectivity index (χ3n) is 3.38. The smallest absolute Gasteiger partial charge is 0.434 e. The Kier molecular flexibility index (Phi) is 6.40. The van der Waals surface area contributed by atoms with Crippen LogP contribution in [0.25, 0.3) is 0 Å². The number of carbonyl (C=O) groups excluding carboxylic acids is 2. The molecule has 0 aliphatic carbocycles. The number of aromatic nitrogens is 1. The molecule has 26 heavy (non-hydrogen) atoms. The molecule has 0 bridgehead atoms. The van der Waals surface area contributed by atoms with E-state index < -0.39 is 51.7 Å². The summed E-state index contributed by atoms with van der Waals surface area (Å²) >= 11 is 4.83. The summed E-state index contributed by atoms with van der Waals surface area (Å²) in [7, 11) is 0.779. The Labute approximate surface area is 149 Å². The lowest BCUT2D eigenvalue weighted by Gasteiger charge is -2.30. The minimum atomic E-state index is -5.43. The molecule has 0 amide bonds. The van der Waals surface area contributed by atoms with Gasteiger partial charge < -0.3 is 19.5 Å².